The lowest BCUT2D eigenvalue weighted by Gasteiger charge is -2.33. The number of Topliss-reactive ketones (excluding diaryl/α,β-unsaturated/α-hetero) is 1. The minimum Gasteiger partial charge on any atom is -0.378 e. The summed E-state index contributed by atoms with van der Waals surface area (Å²) in [6.45, 7) is 6.25. The topological polar surface area (TPSA) is 72.6 Å². The molecule has 0 atom stereocenters. The minimum atomic E-state index is -0.320. The van der Waals surface area contributed by atoms with Gasteiger partial charge in [0.2, 0.25) is 0 Å². The lowest BCUT2D eigenvalue weighted by Crippen LogP contribution is -2.40. The van der Waals surface area contributed by atoms with E-state index in [4.69, 9.17) is 4.74 Å². The number of piperidine rings is 1. The average molecular weight is 494 g/mol. The highest BCUT2D eigenvalue weighted by molar-refractivity contribution is 6.03. The van der Waals surface area contributed by atoms with Gasteiger partial charge in [0.15, 0.2) is 5.78 Å². The number of benzene rings is 1. The SMILES string of the molecule is Cl.O=C(c1ccc(F)cc1N1CCOCC1)C1CCN(CCn2nc3n(c2=O)CCCC3)CC1. The number of hydrogen-bond acceptors (Lipinski definition) is 6. The van der Waals surface area contributed by atoms with Crippen molar-refractivity contribution in [1.82, 2.24) is 19.2 Å². The van der Waals surface area contributed by atoms with Crippen molar-refractivity contribution < 1.29 is 13.9 Å². The number of carbonyl (C=O) groups excluding carboxylic acids is 1. The summed E-state index contributed by atoms with van der Waals surface area (Å²) in [4.78, 5) is 30.3. The molecule has 5 rings (SSSR count). The molecule has 1 aromatic heterocycles. The summed E-state index contributed by atoms with van der Waals surface area (Å²) < 4.78 is 22.8. The van der Waals surface area contributed by atoms with Gasteiger partial charge >= 0.3 is 5.69 Å². The Hall–Kier alpha value is -2.23. The fourth-order valence-corrected chi connectivity index (χ4v) is 5.25. The number of anilines is 1. The monoisotopic (exact) mass is 493 g/mol. The fourth-order valence-electron chi connectivity index (χ4n) is 5.25. The van der Waals surface area contributed by atoms with Crippen LogP contribution in [0.2, 0.25) is 0 Å². The molecule has 186 valence electrons. The second-order valence-electron chi connectivity index (χ2n) is 9.27. The first-order valence-electron chi connectivity index (χ1n) is 12.2. The zero-order valence-electron chi connectivity index (χ0n) is 19.5. The van der Waals surface area contributed by atoms with Gasteiger partial charge in [0.05, 0.1) is 25.4 Å². The van der Waals surface area contributed by atoms with E-state index in [0.717, 1.165) is 64.1 Å². The van der Waals surface area contributed by atoms with Crippen molar-refractivity contribution in [3.63, 3.8) is 0 Å². The first kappa shape index (κ1) is 24.9. The van der Waals surface area contributed by atoms with Crippen LogP contribution in [0.5, 0.6) is 0 Å². The maximum Gasteiger partial charge on any atom is 0.345 e. The lowest BCUT2D eigenvalue weighted by atomic mass is 9.88. The van der Waals surface area contributed by atoms with Gasteiger partial charge in [0.1, 0.15) is 11.6 Å². The molecule has 0 amide bonds. The molecule has 0 N–H and O–H groups in total. The van der Waals surface area contributed by atoms with Crippen LogP contribution in [-0.2, 0) is 24.2 Å². The molecular formula is C24H33ClFN5O3. The van der Waals surface area contributed by atoms with Crippen LogP contribution < -0.4 is 10.6 Å². The van der Waals surface area contributed by atoms with Gasteiger partial charge in [0.25, 0.3) is 0 Å². The molecule has 34 heavy (non-hydrogen) atoms. The molecule has 2 saturated heterocycles. The molecule has 3 aliphatic heterocycles. The van der Waals surface area contributed by atoms with Crippen molar-refractivity contribution in [3.8, 4) is 0 Å². The first-order valence-corrected chi connectivity index (χ1v) is 12.2. The van der Waals surface area contributed by atoms with Gasteiger partial charge in [0, 0.05) is 44.1 Å². The van der Waals surface area contributed by atoms with Crippen LogP contribution in [0.3, 0.4) is 0 Å². The normalized spacial score (nSPS) is 19.5. The third-order valence-electron chi connectivity index (χ3n) is 7.19. The van der Waals surface area contributed by atoms with Crippen LogP contribution in [0.4, 0.5) is 10.1 Å². The maximum atomic E-state index is 14.0. The van der Waals surface area contributed by atoms with E-state index < -0.39 is 0 Å². The van der Waals surface area contributed by atoms with Crippen molar-refractivity contribution >= 4 is 23.9 Å². The summed E-state index contributed by atoms with van der Waals surface area (Å²) in [5.74, 6) is 0.633. The highest BCUT2D eigenvalue weighted by Crippen LogP contribution is 2.29. The second kappa shape index (κ2) is 11.0. The number of morpholine rings is 1. The van der Waals surface area contributed by atoms with Crippen molar-refractivity contribution in [2.45, 2.75) is 45.2 Å². The Kier molecular flexibility index (Phi) is 8.06. The number of aromatic nitrogens is 3. The Morgan fingerprint density at radius 3 is 2.56 bits per heavy atom. The Morgan fingerprint density at radius 1 is 1.06 bits per heavy atom. The van der Waals surface area contributed by atoms with E-state index in [1.807, 2.05) is 4.57 Å². The Morgan fingerprint density at radius 2 is 1.82 bits per heavy atom. The number of likely N-dealkylation sites (tertiary alicyclic amines) is 1. The van der Waals surface area contributed by atoms with Crippen molar-refractivity contribution in [2.24, 2.45) is 5.92 Å². The molecule has 0 saturated carbocycles. The average Bonchev–Trinajstić information content (AvgIpc) is 3.18. The van der Waals surface area contributed by atoms with Crippen LogP contribution >= 0.6 is 12.4 Å². The van der Waals surface area contributed by atoms with Gasteiger partial charge in [-0.05, 0) is 57.0 Å². The van der Waals surface area contributed by atoms with Crippen LogP contribution in [0, 0.1) is 11.7 Å². The Balaban J connectivity index is 0.00000274. The lowest BCUT2D eigenvalue weighted by molar-refractivity contribution is 0.0835. The summed E-state index contributed by atoms with van der Waals surface area (Å²) in [6.07, 6.45) is 4.56. The van der Waals surface area contributed by atoms with Crippen LogP contribution in [-0.4, -0.2) is 71.0 Å². The highest BCUT2D eigenvalue weighted by Gasteiger charge is 2.29. The van der Waals surface area contributed by atoms with Crippen molar-refractivity contribution in [1.29, 1.82) is 0 Å². The van der Waals surface area contributed by atoms with Gasteiger partial charge in [-0.15, -0.1) is 12.4 Å². The van der Waals surface area contributed by atoms with Crippen LogP contribution in [0.25, 0.3) is 0 Å². The number of halogens is 2. The minimum absolute atomic E-state index is 0. The smallest absolute Gasteiger partial charge is 0.345 e. The van der Waals surface area contributed by atoms with E-state index in [1.165, 1.54) is 12.1 Å². The number of nitrogens with zero attached hydrogens (tertiary/aromatic N) is 5. The number of rotatable bonds is 6. The second-order valence-corrected chi connectivity index (χ2v) is 9.27. The van der Waals surface area contributed by atoms with E-state index in [2.05, 4.69) is 14.9 Å². The summed E-state index contributed by atoms with van der Waals surface area (Å²) >= 11 is 0. The zero-order chi connectivity index (χ0) is 22.8. The molecule has 3 aliphatic rings. The summed E-state index contributed by atoms with van der Waals surface area (Å²) in [5, 5.41) is 4.52. The van der Waals surface area contributed by atoms with E-state index in [-0.39, 0.29) is 35.6 Å². The zero-order valence-corrected chi connectivity index (χ0v) is 20.3. The van der Waals surface area contributed by atoms with E-state index >= 15 is 0 Å². The highest BCUT2D eigenvalue weighted by atomic mass is 35.5. The molecule has 10 heteroatoms. The van der Waals surface area contributed by atoms with Gasteiger partial charge in [-0.1, -0.05) is 0 Å². The van der Waals surface area contributed by atoms with E-state index in [1.54, 1.807) is 10.7 Å². The predicted molar refractivity (Wildman–Crippen MR) is 130 cm³/mol. The van der Waals surface area contributed by atoms with Gasteiger partial charge < -0.3 is 14.5 Å². The molecule has 0 bridgehead atoms. The summed E-state index contributed by atoms with van der Waals surface area (Å²) in [5.41, 5.74) is 1.31. The van der Waals surface area contributed by atoms with Gasteiger partial charge in [-0.3, -0.25) is 9.36 Å². The van der Waals surface area contributed by atoms with Crippen molar-refractivity contribution in [3.05, 3.63) is 45.9 Å². The molecule has 2 aromatic rings. The molecule has 0 radical (unpaired) electrons. The molecule has 2 fully saturated rings. The third kappa shape index (κ3) is 5.21. The van der Waals surface area contributed by atoms with Crippen LogP contribution in [0.1, 0.15) is 41.9 Å². The number of ether oxygens (including phenoxy) is 1. The van der Waals surface area contributed by atoms with E-state index in [0.29, 0.717) is 44.1 Å². The summed E-state index contributed by atoms with van der Waals surface area (Å²) in [6, 6.07) is 4.51. The molecule has 1 aromatic carbocycles. The Bertz CT molecular complexity index is 1060. The maximum absolute atomic E-state index is 14.0. The predicted octanol–water partition coefficient (Wildman–Crippen LogP) is 2.37. The molecule has 4 heterocycles. The van der Waals surface area contributed by atoms with Crippen molar-refractivity contribution in [2.75, 3.05) is 50.8 Å². The Labute approximate surface area is 205 Å². The number of hydrogen-bond donors (Lipinski definition) is 0. The quantitative estimate of drug-likeness (QED) is 0.575. The largest absolute Gasteiger partial charge is 0.378 e. The van der Waals surface area contributed by atoms with Gasteiger partial charge in [-0.25, -0.2) is 13.9 Å². The molecular weight excluding hydrogens is 461 g/mol. The number of aryl methyl sites for hydroxylation is 1. The van der Waals surface area contributed by atoms with Gasteiger partial charge in [-0.2, -0.15) is 5.10 Å². The molecule has 8 nitrogen and oxygen atoms in total. The number of carbonyl (C=O) groups is 1. The molecule has 0 aliphatic carbocycles. The van der Waals surface area contributed by atoms with Crippen LogP contribution in [0.15, 0.2) is 23.0 Å². The number of fused-ring (bicyclic) bond motifs is 1. The standard InChI is InChI=1S/C24H32FN5O3.ClH/c25-19-4-5-20(21(17-19)28-13-15-33-16-14-28)23(31)18-6-9-27(10-7-18)11-12-30-24(32)29-8-2-1-3-22(29)26-30;/h4-5,17-18H,1-3,6-16H2;1H. The number of ketones is 1. The summed E-state index contributed by atoms with van der Waals surface area (Å²) in [7, 11) is 0. The third-order valence-corrected chi connectivity index (χ3v) is 7.19. The first-order chi connectivity index (χ1) is 16.1. The van der Waals surface area contributed by atoms with E-state index in [9.17, 15) is 14.0 Å². The fraction of sp³-hybridized carbons (Fsp3) is 0.625. The molecule has 0 unspecified atom stereocenters. The molecule has 0 spiro atoms.